The molecule has 4 heteroatoms. The molecule has 21 heavy (non-hydrogen) atoms. The number of hydrogen-bond donors (Lipinski definition) is 2. The zero-order valence-corrected chi connectivity index (χ0v) is 13.0. The number of hydrogen-bond acceptors (Lipinski definition) is 3. The van der Waals surface area contributed by atoms with Gasteiger partial charge in [0.2, 0.25) is 0 Å². The SMILES string of the molecule is CC(C)C(C)N(C)c1ccc(/C(N)=N/O)c2ccccc12. The van der Waals surface area contributed by atoms with Crippen molar-refractivity contribution >= 4 is 22.3 Å². The average Bonchev–Trinajstić information content (AvgIpc) is 2.51. The van der Waals surface area contributed by atoms with Gasteiger partial charge in [-0.05, 0) is 30.4 Å². The van der Waals surface area contributed by atoms with Crippen LogP contribution in [-0.4, -0.2) is 24.1 Å². The maximum atomic E-state index is 8.94. The van der Waals surface area contributed by atoms with E-state index in [2.05, 4.69) is 43.9 Å². The fourth-order valence-electron chi connectivity index (χ4n) is 2.53. The molecule has 0 radical (unpaired) electrons. The van der Waals surface area contributed by atoms with Gasteiger partial charge in [-0.3, -0.25) is 0 Å². The molecule has 112 valence electrons. The van der Waals surface area contributed by atoms with Gasteiger partial charge in [0.15, 0.2) is 5.84 Å². The molecule has 1 atom stereocenters. The van der Waals surface area contributed by atoms with Crippen LogP contribution in [0.2, 0.25) is 0 Å². The van der Waals surface area contributed by atoms with Gasteiger partial charge >= 0.3 is 0 Å². The summed E-state index contributed by atoms with van der Waals surface area (Å²) in [5.74, 6) is 0.690. The highest BCUT2D eigenvalue weighted by molar-refractivity contribution is 6.11. The van der Waals surface area contributed by atoms with E-state index in [0.29, 0.717) is 12.0 Å². The highest BCUT2D eigenvalue weighted by Crippen LogP contribution is 2.31. The Morgan fingerprint density at radius 2 is 1.71 bits per heavy atom. The second-order valence-corrected chi connectivity index (χ2v) is 5.76. The molecule has 0 aliphatic carbocycles. The van der Waals surface area contributed by atoms with Gasteiger partial charge in [0.25, 0.3) is 0 Å². The molecule has 0 amide bonds. The smallest absolute Gasteiger partial charge is 0.170 e. The summed E-state index contributed by atoms with van der Waals surface area (Å²) in [6, 6.07) is 12.4. The molecule has 0 aromatic heterocycles. The molecular formula is C17H23N3O. The Kier molecular flexibility index (Phi) is 4.36. The number of anilines is 1. The first-order valence-corrected chi connectivity index (χ1v) is 7.19. The Hall–Kier alpha value is -2.23. The van der Waals surface area contributed by atoms with Gasteiger partial charge in [-0.25, -0.2) is 0 Å². The molecule has 1 unspecified atom stereocenters. The number of rotatable bonds is 4. The van der Waals surface area contributed by atoms with Crippen molar-refractivity contribution in [3.63, 3.8) is 0 Å². The minimum atomic E-state index is 0.136. The molecule has 0 saturated carbocycles. The number of nitrogens with two attached hydrogens (primary N) is 1. The van der Waals surface area contributed by atoms with Crippen molar-refractivity contribution in [3.8, 4) is 0 Å². The Morgan fingerprint density at radius 3 is 2.29 bits per heavy atom. The van der Waals surface area contributed by atoms with Crippen LogP contribution in [0.1, 0.15) is 26.3 Å². The quantitative estimate of drug-likeness (QED) is 0.391. The van der Waals surface area contributed by atoms with E-state index >= 15 is 0 Å². The average molecular weight is 285 g/mol. The first-order chi connectivity index (χ1) is 9.97. The molecule has 0 aliphatic heterocycles. The van der Waals surface area contributed by atoms with Crippen LogP contribution >= 0.6 is 0 Å². The summed E-state index contributed by atoms with van der Waals surface area (Å²) in [5.41, 5.74) is 7.69. The summed E-state index contributed by atoms with van der Waals surface area (Å²) in [4.78, 5) is 2.28. The van der Waals surface area contributed by atoms with Gasteiger partial charge in [-0.15, -0.1) is 0 Å². The van der Waals surface area contributed by atoms with Gasteiger partial charge in [-0.2, -0.15) is 0 Å². The van der Waals surface area contributed by atoms with Crippen LogP contribution in [-0.2, 0) is 0 Å². The molecule has 0 saturated heterocycles. The predicted octanol–water partition coefficient (Wildman–Crippen LogP) is 3.42. The first kappa shape index (κ1) is 15.2. The summed E-state index contributed by atoms with van der Waals surface area (Å²) in [6.07, 6.45) is 0. The Balaban J connectivity index is 2.63. The third-order valence-electron chi connectivity index (χ3n) is 4.24. The van der Waals surface area contributed by atoms with Crippen LogP contribution in [0.25, 0.3) is 10.8 Å². The lowest BCUT2D eigenvalue weighted by Crippen LogP contribution is -2.33. The molecule has 2 aromatic carbocycles. The molecule has 0 aliphatic rings. The van der Waals surface area contributed by atoms with Crippen LogP contribution in [0.5, 0.6) is 0 Å². The third-order valence-corrected chi connectivity index (χ3v) is 4.24. The van der Waals surface area contributed by atoms with E-state index in [-0.39, 0.29) is 5.84 Å². The van der Waals surface area contributed by atoms with Crippen molar-refractivity contribution < 1.29 is 5.21 Å². The molecule has 0 fully saturated rings. The topological polar surface area (TPSA) is 61.8 Å². The van der Waals surface area contributed by atoms with Gasteiger partial charge in [0.1, 0.15) is 0 Å². The normalized spacial score (nSPS) is 13.7. The van der Waals surface area contributed by atoms with Crippen molar-refractivity contribution in [1.82, 2.24) is 0 Å². The lowest BCUT2D eigenvalue weighted by Gasteiger charge is -2.31. The molecule has 0 heterocycles. The van der Waals surface area contributed by atoms with Crippen LogP contribution in [0.4, 0.5) is 5.69 Å². The summed E-state index contributed by atoms with van der Waals surface area (Å²) >= 11 is 0. The lowest BCUT2D eigenvalue weighted by molar-refractivity contribution is 0.318. The van der Waals surface area contributed by atoms with E-state index < -0.39 is 0 Å². The van der Waals surface area contributed by atoms with E-state index in [1.165, 1.54) is 0 Å². The highest BCUT2D eigenvalue weighted by atomic mass is 16.4. The Labute approximate surface area is 125 Å². The monoisotopic (exact) mass is 285 g/mol. The number of amidine groups is 1. The third kappa shape index (κ3) is 2.79. The van der Waals surface area contributed by atoms with Crippen LogP contribution in [0.15, 0.2) is 41.6 Å². The van der Waals surface area contributed by atoms with Crippen molar-refractivity contribution in [2.24, 2.45) is 16.8 Å². The largest absolute Gasteiger partial charge is 0.409 e. The predicted molar refractivity (Wildman–Crippen MR) is 89.2 cm³/mol. The van der Waals surface area contributed by atoms with Crippen LogP contribution < -0.4 is 10.6 Å². The fourth-order valence-corrected chi connectivity index (χ4v) is 2.53. The molecular weight excluding hydrogens is 262 g/mol. The van der Waals surface area contributed by atoms with Crippen molar-refractivity contribution in [3.05, 3.63) is 42.0 Å². The zero-order valence-electron chi connectivity index (χ0n) is 13.0. The maximum Gasteiger partial charge on any atom is 0.170 e. The highest BCUT2D eigenvalue weighted by Gasteiger charge is 2.17. The second-order valence-electron chi connectivity index (χ2n) is 5.76. The fraction of sp³-hybridized carbons (Fsp3) is 0.353. The molecule has 2 aromatic rings. The van der Waals surface area contributed by atoms with E-state index in [1.54, 1.807) is 0 Å². The molecule has 0 spiro atoms. The van der Waals surface area contributed by atoms with Crippen molar-refractivity contribution in [1.29, 1.82) is 0 Å². The summed E-state index contributed by atoms with van der Waals surface area (Å²) < 4.78 is 0. The Bertz CT molecular complexity index is 664. The van der Waals surface area contributed by atoms with Gasteiger partial charge in [0, 0.05) is 29.7 Å². The van der Waals surface area contributed by atoms with Gasteiger partial charge in [-0.1, -0.05) is 43.3 Å². The molecule has 3 N–H and O–H groups in total. The van der Waals surface area contributed by atoms with Crippen LogP contribution in [0.3, 0.4) is 0 Å². The molecule has 2 rings (SSSR count). The minimum Gasteiger partial charge on any atom is -0.409 e. The summed E-state index contributed by atoms with van der Waals surface area (Å²) in [5, 5.41) is 14.2. The number of benzene rings is 2. The number of nitrogens with zero attached hydrogens (tertiary/aromatic N) is 2. The summed E-state index contributed by atoms with van der Waals surface area (Å²) in [7, 11) is 2.11. The van der Waals surface area contributed by atoms with Gasteiger partial charge in [0.05, 0.1) is 0 Å². The Morgan fingerprint density at radius 1 is 1.10 bits per heavy atom. The van der Waals surface area contributed by atoms with Crippen molar-refractivity contribution in [2.75, 3.05) is 11.9 Å². The van der Waals surface area contributed by atoms with E-state index in [0.717, 1.165) is 22.0 Å². The van der Waals surface area contributed by atoms with Crippen molar-refractivity contribution in [2.45, 2.75) is 26.8 Å². The van der Waals surface area contributed by atoms with Gasteiger partial charge < -0.3 is 15.8 Å². The van der Waals surface area contributed by atoms with Crippen LogP contribution in [0, 0.1) is 5.92 Å². The molecule has 4 nitrogen and oxygen atoms in total. The lowest BCUT2D eigenvalue weighted by atomic mass is 9.99. The minimum absolute atomic E-state index is 0.136. The van der Waals surface area contributed by atoms with E-state index in [1.807, 2.05) is 30.3 Å². The van der Waals surface area contributed by atoms with E-state index in [4.69, 9.17) is 10.9 Å². The zero-order chi connectivity index (χ0) is 15.6. The van der Waals surface area contributed by atoms with E-state index in [9.17, 15) is 0 Å². The number of oxime groups is 1. The second kappa shape index (κ2) is 6.04. The standard InChI is InChI=1S/C17H23N3O/c1-11(2)12(3)20(4)16-10-9-15(17(18)19-21)13-7-5-6-8-14(13)16/h5-12,21H,1-4H3,(H2,18,19). The summed E-state index contributed by atoms with van der Waals surface area (Å²) in [6.45, 7) is 6.65. The molecule has 0 bridgehead atoms. The maximum absolute atomic E-state index is 8.94. The number of fused-ring (bicyclic) bond motifs is 1. The first-order valence-electron chi connectivity index (χ1n) is 7.19.